The van der Waals surface area contributed by atoms with Crippen LogP contribution in [-0.4, -0.2) is 98.3 Å². The van der Waals surface area contributed by atoms with Crippen molar-refractivity contribution in [1.82, 2.24) is 0 Å². The summed E-state index contributed by atoms with van der Waals surface area (Å²) in [6, 6.07) is 0. The molecule has 1 fully saturated rings. The molecule has 1 rings (SSSR count). The summed E-state index contributed by atoms with van der Waals surface area (Å²) < 4.78 is 33.2. The van der Waals surface area contributed by atoms with Gasteiger partial charge in [0, 0.05) is 12.8 Å². The van der Waals surface area contributed by atoms with E-state index < -0.39 is 75.7 Å². The van der Waals surface area contributed by atoms with Crippen molar-refractivity contribution in [2.75, 3.05) is 13.2 Å². The number of unbranched alkanes of at least 4 members (excludes halogenated alkanes) is 36. The molecule has 398 valence electrons. The quantitative estimate of drug-likeness (QED) is 0.0191. The van der Waals surface area contributed by atoms with Crippen LogP contribution in [0.4, 0.5) is 0 Å². The van der Waals surface area contributed by atoms with Crippen LogP contribution in [0.25, 0.3) is 0 Å². The molecule has 13 nitrogen and oxygen atoms in total. The summed E-state index contributed by atoms with van der Waals surface area (Å²) in [4.78, 5) is 35.3. The molecule has 0 aliphatic heterocycles. The normalized spacial score (nSPS) is 21.0. The zero-order chi connectivity index (χ0) is 49.2. The Morgan fingerprint density at radius 2 is 0.701 bits per heavy atom. The number of carbonyl (C=O) groups excluding carboxylic acids is 2. The van der Waals surface area contributed by atoms with Gasteiger partial charge in [-0.3, -0.25) is 18.6 Å². The number of aliphatic hydroxyl groups excluding tert-OH is 5. The smallest absolute Gasteiger partial charge is 0.463 e. The Kier molecular flexibility index (Phi) is 41.6. The average molecular weight is 979 g/mol. The van der Waals surface area contributed by atoms with Crippen molar-refractivity contribution in [3.63, 3.8) is 0 Å². The third-order valence-corrected chi connectivity index (χ3v) is 14.4. The number of aliphatic hydroxyl groups is 5. The molecule has 8 atom stereocenters. The summed E-state index contributed by atoms with van der Waals surface area (Å²) in [5.41, 5.74) is 0. The van der Waals surface area contributed by atoms with Crippen molar-refractivity contribution in [3.05, 3.63) is 0 Å². The van der Waals surface area contributed by atoms with E-state index in [1.54, 1.807) is 0 Å². The molecule has 1 aliphatic rings. The highest BCUT2D eigenvalue weighted by Gasteiger charge is 2.53. The maximum atomic E-state index is 12.8. The van der Waals surface area contributed by atoms with Crippen molar-refractivity contribution in [2.24, 2.45) is 0 Å². The lowest BCUT2D eigenvalue weighted by atomic mass is 9.85. The summed E-state index contributed by atoms with van der Waals surface area (Å²) in [6.07, 6.45) is 34.1. The van der Waals surface area contributed by atoms with Crippen LogP contribution in [0.1, 0.15) is 271 Å². The zero-order valence-electron chi connectivity index (χ0n) is 42.7. The minimum Gasteiger partial charge on any atom is -0.463 e. The van der Waals surface area contributed by atoms with Crippen LogP contribution >= 0.6 is 7.82 Å². The van der Waals surface area contributed by atoms with E-state index in [1.165, 1.54) is 186 Å². The third-order valence-electron chi connectivity index (χ3n) is 13.4. The van der Waals surface area contributed by atoms with Gasteiger partial charge >= 0.3 is 19.8 Å². The van der Waals surface area contributed by atoms with Crippen LogP contribution in [0, 0.1) is 0 Å². The van der Waals surface area contributed by atoms with Crippen LogP contribution in [0.3, 0.4) is 0 Å². The van der Waals surface area contributed by atoms with Crippen molar-refractivity contribution in [2.45, 2.75) is 313 Å². The Labute approximate surface area is 408 Å². The van der Waals surface area contributed by atoms with E-state index in [1.807, 2.05) is 0 Å². The summed E-state index contributed by atoms with van der Waals surface area (Å²) >= 11 is 0. The second-order valence-corrected chi connectivity index (χ2v) is 21.2. The number of rotatable bonds is 48. The summed E-state index contributed by atoms with van der Waals surface area (Å²) in [7, 11) is -5.11. The van der Waals surface area contributed by atoms with Gasteiger partial charge < -0.3 is 39.9 Å². The van der Waals surface area contributed by atoms with Gasteiger partial charge in [-0.05, 0) is 12.8 Å². The second kappa shape index (κ2) is 43.6. The molecular formula is C53H103O13P. The molecule has 0 bridgehead atoms. The molecule has 0 saturated heterocycles. The Bertz CT molecular complexity index is 1190. The van der Waals surface area contributed by atoms with Crippen molar-refractivity contribution in [3.8, 4) is 0 Å². The van der Waals surface area contributed by atoms with E-state index in [0.717, 1.165) is 44.9 Å². The van der Waals surface area contributed by atoms with Gasteiger partial charge in [0.2, 0.25) is 0 Å². The predicted octanol–water partition coefficient (Wildman–Crippen LogP) is 12.4. The van der Waals surface area contributed by atoms with E-state index in [4.69, 9.17) is 18.5 Å². The number of phosphoric acid groups is 1. The molecule has 0 amide bonds. The third kappa shape index (κ3) is 35.6. The highest BCUT2D eigenvalue weighted by atomic mass is 31.2. The summed E-state index contributed by atoms with van der Waals surface area (Å²) in [5.74, 6) is -1.28. The first-order valence-electron chi connectivity index (χ1n) is 27.8. The molecule has 67 heavy (non-hydrogen) atoms. The molecule has 0 aromatic carbocycles. The van der Waals surface area contributed by atoms with Crippen LogP contribution in [0.5, 0.6) is 0 Å². The molecule has 0 heterocycles. The molecule has 0 aromatic heterocycles. The SMILES string of the molecule is CCCCCCCCCCCCCCCCCCCCCCCCCCCC(=O)OC[C@H](O)COP(=O)(O)O[C@@H]1C(OC(=O)CCCCCCCCCCCCCCC)C(O)[C@@H](O)[C@@H](O)C1O. The van der Waals surface area contributed by atoms with Gasteiger partial charge in [0.25, 0.3) is 0 Å². The van der Waals surface area contributed by atoms with Crippen molar-refractivity contribution in [1.29, 1.82) is 0 Å². The Balaban J connectivity index is 2.13. The molecule has 1 aliphatic carbocycles. The Morgan fingerprint density at radius 3 is 1.03 bits per heavy atom. The molecule has 4 unspecified atom stereocenters. The van der Waals surface area contributed by atoms with Crippen LogP contribution < -0.4 is 0 Å². The lowest BCUT2D eigenvalue weighted by Crippen LogP contribution is -2.65. The first-order valence-corrected chi connectivity index (χ1v) is 29.3. The first kappa shape index (κ1) is 63.9. The minimum absolute atomic E-state index is 0.0275. The highest BCUT2D eigenvalue weighted by Crippen LogP contribution is 2.47. The van der Waals surface area contributed by atoms with Crippen LogP contribution in [0.2, 0.25) is 0 Å². The molecule has 1 saturated carbocycles. The Morgan fingerprint density at radius 1 is 0.418 bits per heavy atom. The fourth-order valence-corrected chi connectivity index (χ4v) is 9.99. The minimum atomic E-state index is -5.11. The summed E-state index contributed by atoms with van der Waals surface area (Å²) in [6.45, 7) is 3.21. The topological polar surface area (TPSA) is 210 Å². The van der Waals surface area contributed by atoms with Gasteiger partial charge in [0.15, 0.2) is 6.10 Å². The molecule has 0 spiro atoms. The standard InChI is InChI=1S/C53H103O13P/c1-3-5-7-9-11-13-15-17-18-19-20-21-22-23-24-25-26-27-28-30-31-33-35-37-39-41-46(55)63-43-45(54)44-64-67(61,62)66-53-51(60)49(58)48(57)50(59)52(53)65-47(56)42-40-38-36-34-32-29-16-14-12-10-8-6-4-2/h45,48-54,57-60H,3-44H2,1-2H3,(H,61,62)/t45-,48-,49+,50?,51?,52?,53-/m0/s1. The summed E-state index contributed by atoms with van der Waals surface area (Å²) in [5, 5.41) is 52.0. The van der Waals surface area contributed by atoms with Gasteiger partial charge in [-0.2, -0.15) is 0 Å². The fraction of sp³-hybridized carbons (Fsp3) is 0.962. The number of esters is 2. The van der Waals surface area contributed by atoms with E-state index in [2.05, 4.69) is 13.8 Å². The van der Waals surface area contributed by atoms with Crippen LogP contribution in [0.15, 0.2) is 0 Å². The Hall–Kier alpha value is -1.15. The largest absolute Gasteiger partial charge is 0.472 e. The second-order valence-electron chi connectivity index (χ2n) is 19.8. The fourth-order valence-electron chi connectivity index (χ4n) is 9.02. The van der Waals surface area contributed by atoms with E-state index in [0.29, 0.717) is 12.8 Å². The van der Waals surface area contributed by atoms with Gasteiger partial charge in [-0.25, -0.2) is 4.57 Å². The zero-order valence-corrected chi connectivity index (χ0v) is 43.6. The van der Waals surface area contributed by atoms with Gasteiger partial charge in [0.1, 0.15) is 43.2 Å². The van der Waals surface area contributed by atoms with E-state index in [9.17, 15) is 44.6 Å². The number of hydrogen-bond donors (Lipinski definition) is 6. The van der Waals surface area contributed by atoms with Crippen molar-refractivity contribution >= 4 is 19.8 Å². The first-order chi connectivity index (χ1) is 32.4. The number of ether oxygens (including phenoxy) is 2. The number of phosphoric ester groups is 1. The maximum Gasteiger partial charge on any atom is 0.472 e. The van der Waals surface area contributed by atoms with Crippen LogP contribution in [-0.2, 0) is 32.7 Å². The molecule has 0 radical (unpaired) electrons. The number of hydrogen-bond acceptors (Lipinski definition) is 12. The lowest BCUT2D eigenvalue weighted by molar-refractivity contribution is -0.231. The lowest BCUT2D eigenvalue weighted by Gasteiger charge is -2.43. The van der Waals surface area contributed by atoms with Crippen molar-refractivity contribution < 1.29 is 63.1 Å². The van der Waals surface area contributed by atoms with Gasteiger partial charge in [-0.1, -0.05) is 245 Å². The highest BCUT2D eigenvalue weighted by molar-refractivity contribution is 7.47. The molecule has 0 aromatic rings. The monoisotopic (exact) mass is 979 g/mol. The van der Waals surface area contributed by atoms with Gasteiger partial charge in [0.05, 0.1) is 6.61 Å². The average Bonchev–Trinajstić information content (AvgIpc) is 3.31. The van der Waals surface area contributed by atoms with E-state index in [-0.39, 0.29) is 12.8 Å². The molecular weight excluding hydrogens is 876 g/mol. The van der Waals surface area contributed by atoms with Gasteiger partial charge in [-0.15, -0.1) is 0 Å². The number of carbonyl (C=O) groups is 2. The maximum absolute atomic E-state index is 12.8. The van der Waals surface area contributed by atoms with E-state index >= 15 is 0 Å². The molecule has 6 N–H and O–H groups in total. The molecule has 14 heteroatoms. The predicted molar refractivity (Wildman–Crippen MR) is 268 cm³/mol.